The maximum atomic E-state index is 13.9. The highest BCUT2D eigenvalue weighted by Crippen LogP contribution is 2.35. The fraction of sp³-hybridized carbons (Fsp3) is 0.222. The number of hydrogen-bond acceptors (Lipinski definition) is 7. The van der Waals surface area contributed by atoms with Crippen LogP contribution in [0.4, 0.5) is 5.69 Å². The van der Waals surface area contributed by atoms with Crippen LogP contribution in [0.5, 0.6) is 23.0 Å². The standard InChI is InChI=1S/C27H23ClN2O7/c1-34-21-10-4-17(12-23(21)35-2)26(32)29(14-16-3-9-22-24(11-16)37-15-36-22)20-13-25(31)30(27(20)33)19-7-5-18(28)6-8-19/h3-12,20H,13-15H2,1-2H3. The number of amides is 3. The molecule has 0 aliphatic carbocycles. The van der Waals surface area contributed by atoms with Crippen molar-refractivity contribution in [2.45, 2.75) is 19.0 Å². The molecule has 1 fully saturated rings. The van der Waals surface area contributed by atoms with Gasteiger partial charge in [0.2, 0.25) is 12.7 Å². The summed E-state index contributed by atoms with van der Waals surface area (Å²) in [5.74, 6) is 0.628. The Hall–Kier alpha value is -4.24. The molecule has 5 rings (SSSR count). The van der Waals surface area contributed by atoms with Crippen LogP contribution in [0, 0.1) is 0 Å². The van der Waals surface area contributed by atoms with E-state index in [-0.39, 0.29) is 25.3 Å². The van der Waals surface area contributed by atoms with Gasteiger partial charge in [0.25, 0.3) is 11.8 Å². The number of carbonyl (C=O) groups is 3. The molecular weight excluding hydrogens is 500 g/mol. The Balaban J connectivity index is 1.51. The van der Waals surface area contributed by atoms with Crippen molar-refractivity contribution in [2.75, 3.05) is 25.9 Å². The zero-order valence-electron chi connectivity index (χ0n) is 20.1. The summed E-state index contributed by atoms with van der Waals surface area (Å²) < 4.78 is 21.5. The van der Waals surface area contributed by atoms with Crippen LogP contribution in [-0.2, 0) is 16.1 Å². The van der Waals surface area contributed by atoms with Crippen LogP contribution < -0.4 is 23.8 Å². The van der Waals surface area contributed by atoms with Gasteiger partial charge in [-0.2, -0.15) is 0 Å². The number of rotatable bonds is 7. The lowest BCUT2D eigenvalue weighted by atomic mass is 10.1. The third-order valence-electron chi connectivity index (χ3n) is 6.27. The molecule has 0 saturated carbocycles. The van der Waals surface area contributed by atoms with Gasteiger partial charge in [0.1, 0.15) is 6.04 Å². The number of carbonyl (C=O) groups excluding carboxylic acids is 3. The van der Waals surface area contributed by atoms with Crippen molar-refractivity contribution in [3.05, 3.63) is 76.8 Å². The van der Waals surface area contributed by atoms with Crippen LogP contribution >= 0.6 is 11.6 Å². The highest BCUT2D eigenvalue weighted by Gasteiger charge is 2.44. The molecule has 0 spiro atoms. The fourth-order valence-electron chi connectivity index (χ4n) is 4.42. The number of methoxy groups -OCH3 is 2. The minimum Gasteiger partial charge on any atom is -0.493 e. The molecule has 3 amide bonds. The van der Waals surface area contributed by atoms with E-state index in [1.54, 1.807) is 60.7 Å². The summed E-state index contributed by atoms with van der Waals surface area (Å²) >= 11 is 5.98. The molecule has 1 unspecified atom stereocenters. The van der Waals surface area contributed by atoms with Crippen molar-refractivity contribution in [1.82, 2.24) is 4.90 Å². The van der Waals surface area contributed by atoms with E-state index < -0.39 is 23.8 Å². The summed E-state index contributed by atoms with van der Waals surface area (Å²) in [6.07, 6.45) is -0.162. The second kappa shape index (κ2) is 10.0. The normalized spacial score (nSPS) is 16.2. The van der Waals surface area contributed by atoms with Crippen LogP contribution in [-0.4, -0.2) is 49.7 Å². The van der Waals surface area contributed by atoms with E-state index in [9.17, 15) is 14.4 Å². The Bertz CT molecular complexity index is 1380. The zero-order valence-corrected chi connectivity index (χ0v) is 20.9. The molecule has 37 heavy (non-hydrogen) atoms. The van der Waals surface area contributed by atoms with E-state index in [2.05, 4.69) is 0 Å². The third-order valence-corrected chi connectivity index (χ3v) is 6.52. The van der Waals surface area contributed by atoms with Gasteiger partial charge in [0, 0.05) is 17.1 Å². The summed E-state index contributed by atoms with van der Waals surface area (Å²) in [6, 6.07) is 15.4. The summed E-state index contributed by atoms with van der Waals surface area (Å²) in [6.45, 7) is 0.167. The lowest BCUT2D eigenvalue weighted by molar-refractivity contribution is -0.122. The van der Waals surface area contributed by atoms with Gasteiger partial charge in [-0.05, 0) is 60.2 Å². The van der Waals surface area contributed by atoms with E-state index >= 15 is 0 Å². The molecule has 0 bridgehead atoms. The minimum atomic E-state index is -1.02. The maximum Gasteiger partial charge on any atom is 0.257 e. The van der Waals surface area contributed by atoms with Crippen LogP contribution in [0.1, 0.15) is 22.3 Å². The Morgan fingerprint density at radius 2 is 1.70 bits per heavy atom. The number of benzene rings is 3. The van der Waals surface area contributed by atoms with E-state index in [1.807, 2.05) is 0 Å². The average Bonchev–Trinajstić information content (AvgIpc) is 3.50. The van der Waals surface area contributed by atoms with Gasteiger partial charge in [-0.15, -0.1) is 0 Å². The molecule has 10 heteroatoms. The van der Waals surface area contributed by atoms with Crippen LogP contribution in [0.3, 0.4) is 0 Å². The number of imide groups is 1. The second-order valence-corrected chi connectivity index (χ2v) is 8.89. The van der Waals surface area contributed by atoms with E-state index in [0.29, 0.717) is 39.3 Å². The Morgan fingerprint density at radius 1 is 0.973 bits per heavy atom. The number of fused-ring (bicyclic) bond motifs is 1. The Morgan fingerprint density at radius 3 is 2.43 bits per heavy atom. The second-order valence-electron chi connectivity index (χ2n) is 8.45. The monoisotopic (exact) mass is 522 g/mol. The number of halogens is 1. The quantitative estimate of drug-likeness (QED) is 0.432. The molecule has 2 aliphatic rings. The molecule has 0 radical (unpaired) electrons. The molecule has 3 aromatic rings. The smallest absolute Gasteiger partial charge is 0.257 e. The van der Waals surface area contributed by atoms with Gasteiger partial charge in [0.15, 0.2) is 23.0 Å². The first-order valence-corrected chi connectivity index (χ1v) is 11.8. The van der Waals surface area contributed by atoms with E-state index in [4.69, 9.17) is 30.5 Å². The first-order valence-electron chi connectivity index (χ1n) is 11.4. The summed E-state index contributed by atoms with van der Waals surface area (Å²) in [5.41, 5.74) is 1.38. The molecule has 9 nitrogen and oxygen atoms in total. The first-order chi connectivity index (χ1) is 17.9. The van der Waals surface area contributed by atoms with Gasteiger partial charge >= 0.3 is 0 Å². The lowest BCUT2D eigenvalue weighted by Gasteiger charge is -2.28. The summed E-state index contributed by atoms with van der Waals surface area (Å²) in [7, 11) is 2.97. The molecule has 1 saturated heterocycles. The van der Waals surface area contributed by atoms with Crippen LogP contribution in [0.25, 0.3) is 0 Å². The summed E-state index contributed by atoms with van der Waals surface area (Å²) in [4.78, 5) is 42.9. The van der Waals surface area contributed by atoms with Crippen LogP contribution in [0.2, 0.25) is 5.02 Å². The average molecular weight is 523 g/mol. The highest BCUT2D eigenvalue weighted by molar-refractivity contribution is 6.31. The Kier molecular flexibility index (Phi) is 6.62. The topological polar surface area (TPSA) is 94.6 Å². The fourth-order valence-corrected chi connectivity index (χ4v) is 4.54. The number of hydrogen-bond donors (Lipinski definition) is 0. The largest absolute Gasteiger partial charge is 0.493 e. The summed E-state index contributed by atoms with van der Waals surface area (Å²) in [5, 5.41) is 0.479. The maximum absolute atomic E-state index is 13.9. The number of ether oxygens (including phenoxy) is 4. The molecule has 0 N–H and O–H groups in total. The molecule has 1 atom stereocenters. The van der Waals surface area contributed by atoms with Crippen LogP contribution in [0.15, 0.2) is 60.7 Å². The van der Waals surface area contributed by atoms with Gasteiger partial charge in [0.05, 0.1) is 26.3 Å². The molecule has 3 aromatic carbocycles. The van der Waals surface area contributed by atoms with Gasteiger partial charge < -0.3 is 23.8 Å². The van der Waals surface area contributed by atoms with Crippen molar-refractivity contribution < 1.29 is 33.3 Å². The Labute approximate surface area is 218 Å². The predicted molar refractivity (Wildman–Crippen MR) is 134 cm³/mol. The molecule has 190 valence electrons. The number of anilines is 1. The van der Waals surface area contributed by atoms with Crippen molar-refractivity contribution in [3.8, 4) is 23.0 Å². The predicted octanol–water partition coefficient (Wildman–Crippen LogP) is 4.06. The van der Waals surface area contributed by atoms with E-state index in [1.165, 1.54) is 19.1 Å². The van der Waals surface area contributed by atoms with Crippen molar-refractivity contribution in [2.24, 2.45) is 0 Å². The van der Waals surface area contributed by atoms with Gasteiger partial charge in [-0.3, -0.25) is 14.4 Å². The first kappa shape index (κ1) is 24.5. The van der Waals surface area contributed by atoms with Crippen molar-refractivity contribution in [1.29, 1.82) is 0 Å². The molecular formula is C27H23ClN2O7. The van der Waals surface area contributed by atoms with E-state index in [0.717, 1.165) is 4.90 Å². The highest BCUT2D eigenvalue weighted by atomic mass is 35.5. The minimum absolute atomic E-state index is 0.0575. The number of nitrogens with zero attached hydrogens (tertiary/aromatic N) is 2. The van der Waals surface area contributed by atoms with Crippen molar-refractivity contribution in [3.63, 3.8) is 0 Å². The van der Waals surface area contributed by atoms with Crippen molar-refractivity contribution >= 4 is 35.0 Å². The molecule has 0 aromatic heterocycles. The molecule has 2 aliphatic heterocycles. The van der Waals surface area contributed by atoms with Gasteiger partial charge in [-0.25, -0.2) is 4.90 Å². The van der Waals surface area contributed by atoms with Gasteiger partial charge in [-0.1, -0.05) is 17.7 Å². The molecule has 2 heterocycles. The zero-order chi connectivity index (χ0) is 26.1. The SMILES string of the molecule is COc1ccc(C(=O)N(Cc2ccc3c(c2)OCO3)C2CC(=O)N(c3ccc(Cl)cc3)C2=O)cc1OC. The lowest BCUT2D eigenvalue weighted by Crippen LogP contribution is -2.45. The third kappa shape index (κ3) is 4.65.